The molecule has 0 aliphatic heterocycles. The molecule has 3 aromatic rings. The Kier molecular flexibility index (Phi) is 2.55. The number of hydrogen-bond donors (Lipinski definition) is 1. The van der Waals surface area contributed by atoms with Gasteiger partial charge in [0.1, 0.15) is 4.60 Å². The number of aromatic nitrogens is 5. The minimum atomic E-state index is 0.700. The van der Waals surface area contributed by atoms with Crippen LogP contribution in [0.3, 0.4) is 0 Å². The van der Waals surface area contributed by atoms with Crippen molar-refractivity contribution >= 4 is 33.1 Å². The number of nitrogens with zero attached hydrogens (tertiary/aromatic N) is 5. The lowest BCUT2D eigenvalue weighted by Gasteiger charge is -2.06. The van der Waals surface area contributed by atoms with Gasteiger partial charge in [-0.1, -0.05) is 0 Å². The molecular formula is C11H11BrN6. The lowest BCUT2D eigenvalue weighted by molar-refractivity contribution is 0.756. The third-order valence-electron chi connectivity index (χ3n) is 2.61. The van der Waals surface area contributed by atoms with Gasteiger partial charge in [0.15, 0.2) is 11.5 Å². The largest absolute Gasteiger partial charge is 0.334 e. The molecule has 7 heteroatoms. The molecule has 3 heterocycles. The smallest absolute Gasteiger partial charge is 0.180 e. The average Bonchev–Trinajstić information content (AvgIpc) is 2.86. The molecule has 0 amide bonds. The molecule has 0 saturated carbocycles. The van der Waals surface area contributed by atoms with E-state index in [1.165, 1.54) is 0 Å². The van der Waals surface area contributed by atoms with Gasteiger partial charge in [-0.15, -0.1) is 0 Å². The van der Waals surface area contributed by atoms with Gasteiger partial charge in [-0.25, -0.2) is 9.97 Å². The molecule has 0 aromatic carbocycles. The van der Waals surface area contributed by atoms with Crippen LogP contribution in [-0.2, 0) is 7.05 Å². The lowest BCUT2D eigenvalue weighted by atomic mass is 10.4. The Morgan fingerprint density at radius 1 is 1.33 bits per heavy atom. The van der Waals surface area contributed by atoms with E-state index in [1.54, 1.807) is 10.9 Å². The third-order valence-corrected chi connectivity index (χ3v) is 2.99. The summed E-state index contributed by atoms with van der Waals surface area (Å²) in [5.41, 5.74) is 2.62. The summed E-state index contributed by atoms with van der Waals surface area (Å²) in [5, 5.41) is 7.54. The second-order valence-corrected chi connectivity index (χ2v) is 4.81. The summed E-state index contributed by atoms with van der Waals surface area (Å²) in [6, 6.07) is 0. The van der Waals surface area contributed by atoms with Crippen LogP contribution in [0, 0.1) is 6.92 Å². The van der Waals surface area contributed by atoms with Crippen LogP contribution < -0.4 is 5.32 Å². The van der Waals surface area contributed by atoms with Gasteiger partial charge in [0, 0.05) is 31.8 Å². The average molecular weight is 307 g/mol. The van der Waals surface area contributed by atoms with Crippen molar-refractivity contribution in [2.75, 3.05) is 5.32 Å². The highest BCUT2D eigenvalue weighted by Crippen LogP contribution is 2.22. The summed E-state index contributed by atoms with van der Waals surface area (Å²) in [4.78, 5) is 8.69. The minimum absolute atomic E-state index is 0.700. The van der Waals surface area contributed by atoms with Gasteiger partial charge < -0.3 is 9.72 Å². The fraction of sp³-hybridized carbons (Fsp3) is 0.182. The number of rotatable bonds is 2. The first-order valence-electron chi connectivity index (χ1n) is 5.40. The maximum Gasteiger partial charge on any atom is 0.180 e. The Hall–Kier alpha value is -1.89. The maximum atomic E-state index is 4.40. The normalized spacial score (nSPS) is 11.1. The van der Waals surface area contributed by atoms with Crippen LogP contribution in [0.4, 0.5) is 11.5 Å². The van der Waals surface area contributed by atoms with Gasteiger partial charge in [0.2, 0.25) is 0 Å². The summed E-state index contributed by atoms with van der Waals surface area (Å²) in [6.07, 6.45) is 7.40. The molecule has 0 fully saturated rings. The number of hydrogen-bond acceptors (Lipinski definition) is 4. The highest BCUT2D eigenvalue weighted by molar-refractivity contribution is 9.10. The van der Waals surface area contributed by atoms with E-state index in [0.29, 0.717) is 5.82 Å². The standard InChI is InChI=1S/C11H11BrN6/c1-7-8(5-17(2)16-7)14-10-11-13-3-4-18(11)6-9(12)15-10/h3-6H,1-2H3,(H,14,15). The van der Waals surface area contributed by atoms with Crippen molar-refractivity contribution in [3.63, 3.8) is 0 Å². The summed E-state index contributed by atoms with van der Waals surface area (Å²) >= 11 is 3.38. The summed E-state index contributed by atoms with van der Waals surface area (Å²) in [7, 11) is 1.89. The Morgan fingerprint density at radius 3 is 2.89 bits per heavy atom. The molecule has 6 nitrogen and oxygen atoms in total. The fourth-order valence-electron chi connectivity index (χ4n) is 1.83. The second kappa shape index (κ2) is 4.09. The first kappa shape index (κ1) is 11.2. The molecular weight excluding hydrogens is 296 g/mol. The zero-order valence-corrected chi connectivity index (χ0v) is 11.5. The number of aryl methyl sites for hydroxylation is 2. The van der Waals surface area contributed by atoms with E-state index in [4.69, 9.17) is 0 Å². The van der Waals surface area contributed by atoms with Crippen LogP contribution >= 0.6 is 15.9 Å². The Morgan fingerprint density at radius 2 is 2.17 bits per heavy atom. The molecule has 3 aromatic heterocycles. The molecule has 3 rings (SSSR count). The molecule has 18 heavy (non-hydrogen) atoms. The predicted molar refractivity (Wildman–Crippen MR) is 71.9 cm³/mol. The van der Waals surface area contributed by atoms with Gasteiger partial charge in [0.25, 0.3) is 0 Å². The first-order valence-corrected chi connectivity index (χ1v) is 6.19. The first-order chi connectivity index (χ1) is 8.63. The van der Waals surface area contributed by atoms with E-state index in [-0.39, 0.29) is 0 Å². The molecule has 0 unspecified atom stereocenters. The topological polar surface area (TPSA) is 60.0 Å². The van der Waals surface area contributed by atoms with Gasteiger partial charge >= 0.3 is 0 Å². The molecule has 0 atom stereocenters. The number of nitrogens with one attached hydrogen (secondary N) is 1. The molecule has 0 saturated heterocycles. The molecule has 0 aliphatic rings. The molecule has 0 bridgehead atoms. The summed E-state index contributed by atoms with van der Waals surface area (Å²) < 4.78 is 4.42. The molecule has 92 valence electrons. The van der Waals surface area contributed by atoms with E-state index < -0.39 is 0 Å². The quantitative estimate of drug-likeness (QED) is 0.789. The Labute approximate surface area is 112 Å². The highest BCUT2D eigenvalue weighted by Gasteiger charge is 2.09. The van der Waals surface area contributed by atoms with E-state index in [0.717, 1.165) is 21.6 Å². The van der Waals surface area contributed by atoms with Crippen LogP contribution in [-0.4, -0.2) is 24.1 Å². The molecule has 0 spiro atoms. The zero-order valence-electron chi connectivity index (χ0n) is 9.92. The van der Waals surface area contributed by atoms with Crippen molar-refractivity contribution in [3.8, 4) is 0 Å². The number of fused-ring (bicyclic) bond motifs is 1. The predicted octanol–water partition coefficient (Wildman–Crippen LogP) is 2.28. The number of anilines is 2. The van der Waals surface area contributed by atoms with Crippen LogP contribution in [0.15, 0.2) is 29.4 Å². The Bertz CT molecular complexity index is 713. The van der Waals surface area contributed by atoms with Crippen molar-refractivity contribution in [2.45, 2.75) is 6.92 Å². The van der Waals surface area contributed by atoms with Crippen molar-refractivity contribution in [2.24, 2.45) is 7.05 Å². The zero-order chi connectivity index (χ0) is 12.7. The fourth-order valence-corrected chi connectivity index (χ4v) is 2.23. The van der Waals surface area contributed by atoms with Crippen molar-refractivity contribution in [1.29, 1.82) is 0 Å². The SMILES string of the molecule is Cc1nn(C)cc1Nc1nc(Br)cn2ccnc12. The molecule has 0 aliphatic carbocycles. The second-order valence-electron chi connectivity index (χ2n) is 4.00. The van der Waals surface area contributed by atoms with Crippen LogP contribution in [0.1, 0.15) is 5.69 Å². The Balaban J connectivity index is 2.09. The van der Waals surface area contributed by atoms with E-state index in [2.05, 4.69) is 36.3 Å². The summed E-state index contributed by atoms with van der Waals surface area (Å²) in [5.74, 6) is 0.700. The van der Waals surface area contributed by atoms with Gasteiger partial charge in [-0.3, -0.25) is 4.68 Å². The van der Waals surface area contributed by atoms with Gasteiger partial charge in [-0.2, -0.15) is 5.10 Å². The van der Waals surface area contributed by atoms with Crippen LogP contribution in [0.2, 0.25) is 0 Å². The monoisotopic (exact) mass is 306 g/mol. The van der Waals surface area contributed by atoms with E-state index in [1.807, 2.05) is 37.0 Å². The summed E-state index contributed by atoms with van der Waals surface area (Å²) in [6.45, 7) is 1.95. The van der Waals surface area contributed by atoms with Gasteiger partial charge in [-0.05, 0) is 22.9 Å². The number of halogens is 1. The maximum absolute atomic E-state index is 4.40. The van der Waals surface area contributed by atoms with Gasteiger partial charge in [0.05, 0.1) is 11.4 Å². The van der Waals surface area contributed by atoms with E-state index in [9.17, 15) is 0 Å². The number of imidazole rings is 1. The molecule has 1 N–H and O–H groups in total. The van der Waals surface area contributed by atoms with Crippen LogP contribution in [0.25, 0.3) is 5.65 Å². The van der Waals surface area contributed by atoms with Crippen molar-refractivity contribution in [3.05, 3.63) is 35.1 Å². The van der Waals surface area contributed by atoms with E-state index >= 15 is 0 Å². The molecule has 0 radical (unpaired) electrons. The third kappa shape index (κ3) is 1.86. The van der Waals surface area contributed by atoms with Crippen LogP contribution in [0.5, 0.6) is 0 Å². The van der Waals surface area contributed by atoms with Crippen molar-refractivity contribution in [1.82, 2.24) is 24.1 Å². The highest BCUT2D eigenvalue weighted by atomic mass is 79.9. The lowest BCUT2D eigenvalue weighted by Crippen LogP contribution is -1.99. The minimum Gasteiger partial charge on any atom is -0.334 e. The van der Waals surface area contributed by atoms with Crippen molar-refractivity contribution < 1.29 is 0 Å².